The van der Waals surface area contributed by atoms with Crippen LogP contribution < -0.4 is 0 Å². The van der Waals surface area contributed by atoms with Crippen molar-refractivity contribution in [3.63, 3.8) is 0 Å². The molecule has 9 heteroatoms. The Hall–Kier alpha value is -0.140. The maximum Gasteiger partial charge on any atom is 0.370 e. The van der Waals surface area contributed by atoms with Crippen LogP contribution in [0.3, 0.4) is 0 Å². The Bertz CT molecular complexity index is 366. The van der Waals surface area contributed by atoms with E-state index in [2.05, 4.69) is 4.74 Å². The van der Waals surface area contributed by atoms with Gasteiger partial charge in [-0.3, -0.25) is 9.36 Å². The van der Waals surface area contributed by atoms with Gasteiger partial charge in [-0.2, -0.15) is 0 Å². The van der Waals surface area contributed by atoms with Crippen LogP contribution in [0, 0.1) is 0 Å². The number of hydrogen-bond donors (Lipinski definition) is 0. The van der Waals surface area contributed by atoms with Gasteiger partial charge in [0.05, 0.1) is 20.3 Å². The molecular weight excluding hydrogens is 323 g/mol. The summed E-state index contributed by atoms with van der Waals surface area (Å²) in [5, 5.41) is -0.502. The summed E-state index contributed by atoms with van der Waals surface area (Å²) in [5.74, 6) is -1.25. The molecule has 0 aromatic rings. The molecule has 0 aromatic heterocycles. The fourth-order valence-corrected chi connectivity index (χ4v) is 4.05. The minimum Gasteiger partial charge on any atom is -0.468 e. The SMILES string of the molecule is CCOP(=O)(OCC)C(C)OC(=S)SC(C)C(=O)OC. The fraction of sp³-hybridized carbons (Fsp3) is 0.818. The van der Waals surface area contributed by atoms with E-state index in [4.69, 9.17) is 26.0 Å². The average molecular weight is 344 g/mol. The summed E-state index contributed by atoms with van der Waals surface area (Å²) in [4.78, 5) is 11.3. The van der Waals surface area contributed by atoms with Crippen molar-refractivity contribution in [3.8, 4) is 0 Å². The zero-order valence-corrected chi connectivity index (χ0v) is 14.8. The molecule has 0 bridgehead atoms. The standard InChI is InChI=1S/C11H21O6PS2/c1-6-15-18(13,16-7-2)9(4)17-11(19)20-8(3)10(12)14-5/h8-9H,6-7H2,1-5H3. The van der Waals surface area contributed by atoms with Crippen molar-refractivity contribution in [2.45, 2.75) is 38.8 Å². The van der Waals surface area contributed by atoms with Crippen molar-refractivity contribution in [2.24, 2.45) is 0 Å². The van der Waals surface area contributed by atoms with E-state index in [1.54, 1.807) is 27.7 Å². The molecule has 0 rings (SSSR count). The molecule has 0 saturated heterocycles. The molecule has 0 aliphatic heterocycles. The number of thiocarbonyl (C=S) groups is 1. The molecule has 0 N–H and O–H groups in total. The first-order valence-corrected chi connectivity index (χ1v) is 9.04. The van der Waals surface area contributed by atoms with Crippen LogP contribution in [0.2, 0.25) is 0 Å². The lowest BCUT2D eigenvalue weighted by Crippen LogP contribution is -2.20. The van der Waals surface area contributed by atoms with Crippen molar-refractivity contribution in [1.82, 2.24) is 0 Å². The molecule has 118 valence electrons. The van der Waals surface area contributed by atoms with Crippen LogP contribution in [-0.2, 0) is 27.9 Å². The highest BCUT2D eigenvalue weighted by atomic mass is 32.2. The van der Waals surface area contributed by atoms with Crippen LogP contribution in [0.15, 0.2) is 0 Å². The third-order valence-corrected chi connectivity index (χ3v) is 5.59. The van der Waals surface area contributed by atoms with Gasteiger partial charge in [0, 0.05) is 0 Å². The molecule has 0 aliphatic carbocycles. The second-order valence-electron chi connectivity index (χ2n) is 3.63. The predicted molar refractivity (Wildman–Crippen MR) is 83.1 cm³/mol. The summed E-state index contributed by atoms with van der Waals surface area (Å²) < 4.78 is 32.7. The minimum absolute atomic E-state index is 0.0926. The largest absolute Gasteiger partial charge is 0.468 e. The summed E-state index contributed by atoms with van der Waals surface area (Å²) in [7, 11) is -2.08. The Balaban J connectivity index is 4.56. The molecule has 0 radical (unpaired) electrons. The van der Waals surface area contributed by atoms with E-state index in [1.165, 1.54) is 7.11 Å². The van der Waals surface area contributed by atoms with Crippen LogP contribution in [0.5, 0.6) is 0 Å². The quantitative estimate of drug-likeness (QED) is 0.378. The van der Waals surface area contributed by atoms with Crippen molar-refractivity contribution in [3.05, 3.63) is 0 Å². The van der Waals surface area contributed by atoms with E-state index in [1.807, 2.05) is 0 Å². The van der Waals surface area contributed by atoms with E-state index in [9.17, 15) is 9.36 Å². The third-order valence-electron chi connectivity index (χ3n) is 2.14. The molecule has 0 amide bonds. The summed E-state index contributed by atoms with van der Waals surface area (Å²) in [6.07, 6.45) is 0. The van der Waals surface area contributed by atoms with Gasteiger partial charge in [0.1, 0.15) is 5.25 Å². The molecule has 0 spiro atoms. The molecule has 2 atom stereocenters. The predicted octanol–water partition coefficient (Wildman–Crippen LogP) is 3.19. The zero-order chi connectivity index (χ0) is 15.8. The molecule has 20 heavy (non-hydrogen) atoms. The second kappa shape index (κ2) is 9.73. The molecular formula is C11H21O6PS2. The number of ether oxygens (including phenoxy) is 2. The number of esters is 1. The minimum atomic E-state index is -3.38. The van der Waals surface area contributed by atoms with E-state index < -0.39 is 24.7 Å². The average Bonchev–Trinajstić information content (AvgIpc) is 2.37. The molecule has 2 unspecified atom stereocenters. The van der Waals surface area contributed by atoms with E-state index in [0.29, 0.717) is 0 Å². The van der Waals surface area contributed by atoms with Crippen LogP contribution >= 0.6 is 31.6 Å². The monoisotopic (exact) mass is 344 g/mol. The molecule has 0 fully saturated rings. The summed E-state index contributed by atoms with van der Waals surface area (Å²) in [6.45, 7) is 7.10. The smallest absolute Gasteiger partial charge is 0.370 e. The molecule has 6 nitrogen and oxygen atoms in total. The Morgan fingerprint density at radius 1 is 1.25 bits per heavy atom. The highest BCUT2D eigenvalue weighted by molar-refractivity contribution is 8.23. The highest BCUT2D eigenvalue weighted by Gasteiger charge is 2.35. The van der Waals surface area contributed by atoms with Gasteiger partial charge >= 0.3 is 13.6 Å². The Morgan fingerprint density at radius 3 is 2.15 bits per heavy atom. The van der Waals surface area contributed by atoms with Gasteiger partial charge in [0.2, 0.25) is 4.38 Å². The first kappa shape index (κ1) is 19.9. The van der Waals surface area contributed by atoms with E-state index in [-0.39, 0.29) is 17.6 Å². The fourth-order valence-electron chi connectivity index (χ4n) is 1.20. The maximum absolute atomic E-state index is 12.4. The second-order valence-corrected chi connectivity index (χ2v) is 7.89. The third kappa shape index (κ3) is 6.54. The molecule has 0 aromatic carbocycles. The van der Waals surface area contributed by atoms with Crippen LogP contribution in [0.1, 0.15) is 27.7 Å². The van der Waals surface area contributed by atoms with Gasteiger partial charge in [-0.15, -0.1) is 0 Å². The molecule has 0 aliphatic rings. The van der Waals surface area contributed by atoms with Gasteiger partial charge in [0.25, 0.3) is 0 Å². The normalized spacial score (nSPS) is 14.4. The number of methoxy groups -OCH3 is 1. The summed E-state index contributed by atoms with van der Waals surface area (Å²) >= 11 is 6.03. The summed E-state index contributed by atoms with van der Waals surface area (Å²) in [5.41, 5.74) is 0. The lowest BCUT2D eigenvalue weighted by Gasteiger charge is -2.24. The number of carbonyl (C=O) groups is 1. The highest BCUT2D eigenvalue weighted by Crippen LogP contribution is 2.53. The lowest BCUT2D eigenvalue weighted by molar-refractivity contribution is -0.139. The van der Waals surface area contributed by atoms with Gasteiger partial charge < -0.3 is 18.5 Å². The maximum atomic E-state index is 12.4. The van der Waals surface area contributed by atoms with Crippen LogP contribution in [0.4, 0.5) is 0 Å². The van der Waals surface area contributed by atoms with Crippen molar-refractivity contribution in [2.75, 3.05) is 20.3 Å². The molecule has 0 heterocycles. The number of thioether (sulfide) groups is 1. The summed E-state index contributed by atoms with van der Waals surface area (Å²) in [6, 6.07) is 0. The number of rotatable bonds is 8. The zero-order valence-electron chi connectivity index (χ0n) is 12.3. The van der Waals surface area contributed by atoms with E-state index >= 15 is 0 Å². The van der Waals surface area contributed by atoms with Crippen molar-refractivity contribution < 1.29 is 27.9 Å². The van der Waals surface area contributed by atoms with Gasteiger partial charge in [-0.1, -0.05) is 11.8 Å². The topological polar surface area (TPSA) is 71.1 Å². The Kier molecular flexibility index (Phi) is 9.67. The Labute approximate surface area is 129 Å². The molecule has 0 saturated carbocycles. The first-order chi connectivity index (χ1) is 9.30. The van der Waals surface area contributed by atoms with Gasteiger partial charge in [-0.05, 0) is 39.9 Å². The van der Waals surface area contributed by atoms with Crippen LogP contribution in [0.25, 0.3) is 0 Å². The lowest BCUT2D eigenvalue weighted by atomic mass is 10.5. The van der Waals surface area contributed by atoms with Crippen molar-refractivity contribution in [1.29, 1.82) is 0 Å². The van der Waals surface area contributed by atoms with Gasteiger partial charge in [0.15, 0.2) is 5.85 Å². The number of carbonyl (C=O) groups excluding carboxylic acids is 1. The van der Waals surface area contributed by atoms with E-state index in [0.717, 1.165) is 11.8 Å². The first-order valence-electron chi connectivity index (χ1n) is 6.14. The van der Waals surface area contributed by atoms with Crippen molar-refractivity contribution >= 4 is 41.9 Å². The van der Waals surface area contributed by atoms with Crippen LogP contribution in [-0.4, -0.2) is 41.8 Å². The Morgan fingerprint density at radius 2 is 1.75 bits per heavy atom. The number of hydrogen-bond acceptors (Lipinski definition) is 8. The van der Waals surface area contributed by atoms with Gasteiger partial charge in [-0.25, -0.2) is 0 Å².